The maximum atomic E-state index is 13.4. The van der Waals surface area contributed by atoms with E-state index in [0.717, 1.165) is 6.07 Å². The standard InChI is InChI=1S/C11H12ClFN2/c1-11(2,3)9-6(5-14)8(15)4-7(13)10(9)12/h4H,15H2,1-3H3. The molecule has 0 saturated carbocycles. The molecule has 0 aliphatic carbocycles. The van der Waals surface area contributed by atoms with Crippen molar-refractivity contribution in [1.29, 1.82) is 5.26 Å². The van der Waals surface area contributed by atoms with Crippen molar-refractivity contribution in [2.75, 3.05) is 5.73 Å². The Balaban J connectivity index is 3.68. The second kappa shape index (κ2) is 3.71. The fourth-order valence-corrected chi connectivity index (χ4v) is 1.90. The van der Waals surface area contributed by atoms with E-state index in [9.17, 15) is 4.39 Å². The van der Waals surface area contributed by atoms with E-state index in [2.05, 4.69) is 0 Å². The van der Waals surface area contributed by atoms with Crippen LogP contribution in [-0.4, -0.2) is 0 Å². The molecule has 1 rings (SSSR count). The molecule has 1 aromatic rings. The maximum absolute atomic E-state index is 13.4. The van der Waals surface area contributed by atoms with Crippen LogP contribution in [0.3, 0.4) is 0 Å². The largest absolute Gasteiger partial charge is 0.398 e. The third kappa shape index (κ3) is 2.05. The minimum Gasteiger partial charge on any atom is -0.398 e. The van der Waals surface area contributed by atoms with Crippen LogP contribution in [0.25, 0.3) is 0 Å². The van der Waals surface area contributed by atoms with Crippen molar-refractivity contribution in [3.05, 3.63) is 28.0 Å². The summed E-state index contributed by atoms with van der Waals surface area (Å²) in [7, 11) is 0. The van der Waals surface area contributed by atoms with Crippen LogP contribution in [-0.2, 0) is 5.41 Å². The van der Waals surface area contributed by atoms with E-state index in [4.69, 9.17) is 22.6 Å². The van der Waals surface area contributed by atoms with Crippen LogP contribution in [0.15, 0.2) is 6.07 Å². The van der Waals surface area contributed by atoms with Gasteiger partial charge in [0.15, 0.2) is 0 Å². The first kappa shape index (κ1) is 11.8. The molecule has 4 heteroatoms. The summed E-state index contributed by atoms with van der Waals surface area (Å²) in [5.41, 5.74) is 6.01. The van der Waals surface area contributed by atoms with E-state index in [0.29, 0.717) is 5.56 Å². The number of nitriles is 1. The van der Waals surface area contributed by atoms with Gasteiger partial charge in [0.1, 0.15) is 11.9 Å². The van der Waals surface area contributed by atoms with Crippen molar-refractivity contribution in [3.63, 3.8) is 0 Å². The van der Waals surface area contributed by atoms with Crippen LogP contribution < -0.4 is 5.73 Å². The zero-order chi connectivity index (χ0) is 11.8. The van der Waals surface area contributed by atoms with Gasteiger partial charge in [0.05, 0.1) is 16.3 Å². The molecule has 0 aromatic heterocycles. The number of nitrogen functional groups attached to an aromatic ring is 1. The first-order chi connectivity index (χ1) is 6.79. The van der Waals surface area contributed by atoms with Gasteiger partial charge in [0, 0.05) is 0 Å². The summed E-state index contributed by atoms with van der Waals surface area (Å²) in [4.78, 5) is 0. The minimum atomic E-state index is -0.585. The van der Waals surface area contributed by atoms with Crippen molar-refractivity contribution < 1.29 is 4.39 Å². The summed E-state index contributed by atoms with van der Waals surface area (Å²) in [5.74, 6) is -0.585. The smallest absolute Gasteiger partial charge is 0.144 e. The fourth-order valence-electron chi connectivity index (χ4n) is 1.47. The zero-order valence-electron chi connectivity index (χ0n) is 8.86. The van der Waals surface area contributed by atoms with Crippen LogP contribution in [0.5, 0.6) is 0 Å². The predicted molar refractivity (Wildman–Crippen MR) is 59.2 cm³/mol. The molecular weight excluding hydrogens is 215 g/mol. The Morgan fingerprint density at radius 2 is 2.00 bits per heavy atom. The third-order valence-electron chi connectivity index (χ3n) is 2.11. The molecule has 2 N–H and O–H groups in total. The van der Waals surface area contributed by atoms with Gasteiger partial charge in [-0.2, -0.15) is 5.26 Å². The number of hydrogen-bond donors (Lipinski definition) is 1. The number of hydrogen-bond acceptors (Lipinski definition) is 2. The van der Waals surface area contributed by atoms with Gasteiger partial charge < -0.3 is 5.73 Å². The van der Waals surface area contributed by atoms with Crippen molar-refractivity contribution in [2.45, 2.75) is 26.2 Å². The van der Waals surface area contributed by atoms with Crippen LogP contribution >= 0.6 is 11.6 Å². The normalized spacial score (nSPS) is 11.2. The average Bonchev–Trinajstić information content (AvgIpc) is 2.08. The number of benzene rings is 1. The molecule has 0 spiro atoms. The van der Waals surface area contributed by atoms with Crippen molar-refractivity contribution in [2.24, 2.45) is 0 Å². The molecule has 0 atom stereocenters. The van der Waals surface area contributed by atoms with E-state index < -0.39 is 11.2 Å². The molecule has 0 bridgehead atoms. The molecule has 0 radical (unpaired) electrons. The second-order valence-electron chi connectivity index (χ2n) is 4.37. The summed E-state index contributed by atoms with van der Waals surface area (Å²) >= 11 is 5.85. The summed E-state index contributed by atoms with van der Waals surface area (Å²) < 4.78 is 13.4. The Morgan fingerprint density at radius 1 is 1.47 bits per heavy atom. The van der Waals surface area contributed by atoms with E-state index in [1.807, 2.05) is 26.8 Å². The molecular formula is C11H12ClFN2. The van der Waals surface area contributed by atoms with Gasteiger partial charge in [0.25, 0.3) is 0 Å². The minimum absolute atomic E-state index is 0.0201. The predicted octanol–water partition coefficient (Wildman–Crippen LogP) is 3.23. The second-order valence-corrected chi connectivity index (χ2v) is 4.75. The molecule has 80 valence electrons. The lowest BCUT2D eigenvalue weighted by Crippen LogP contribution is -2.16. The topological polar surface area (TPSA) is 49.8 Å². The number of halogens is 2. The number of anilines is 1. The molecule has 0 saturated heterocycles. The molecule has 0 unspecified atom stereocenters. The Kier molecular flexibility index (Phi) is 2.92. The van der Waals surface area contributed by atoms with Crippen molar-refractivity contribution >= 4 is 17.3 Å². The maximum Gasteiger partial charge on any atom is 0.144 e. The Bertz CT molecular complexity index is 441. The quantitative estimate of drug-likeness (QED) is 0.691. The van der Waals surface area contributed by atoms with Crippen LogP contribution in [0.2, 0.25) is 5.02 Å². The molecule has 0 amide bonds. The fraction of sp³-hybridized carbons (Fsp3) is 0.364. The van der Waals surface area contributed by atoms with Gasteiger partial charge in [-0.05, 0) is 17.0 Å². The molecule has 0 aliphatic heterocycles. The van der Waals surface area contributed by atoms with Crippen molar-refractivity contribution in [3.8, 4) is 6.07 Å². The zero-order valence-corrected chi connectivity index (χ0v) is 9.61. The van der Waals surface area contributed by atoms with E-state index in [-0.39, 0.29) is 16.3 Å². The highest BCUT2D eigenvalue weighted by Crippen LogP contribution is 2.36. The summed E-state index contributed by atoms with van der Waals surface area (Å²) in [6.07, 6.45) is 0. The summed E-state index contributed by atoms with van der Waals surface area (Å²) in [6.45, 7) is 5.57. The van der Waals surface area contributed by atoms with Gasteiger partial charge >= 0.3 is 0 Å². The highest BCUT2D eigenvalue weighted by atomic mass is 35.5. The number of rotatable bonds is 0. The first-order valence-electron chi connectivity index (χ1n) is 4.47. The van der Waals surface area contributed by atoms with Gasteiger partial charge in [-0.15, -0.1) is 0 Å². The van der Waals surface area contributed by atoms with Crippen LogP contribution in [0.1, 0.15) is 31.9 Å². The van der Waals surface area contributed by atoms with Crippen LogP contribution in [0.4, 0.5) is 10.1 Å². The molecule has 0 aliphatic rings. The molecule has 15 heavy (non-hydrogen) atoms. The van der Waals surface area contributed by atoms with E-state index >= 15 is 0 Å². The van der Waals surface area contributed by atoms with Crippen LogP contribution in [0, 0.1) is 17.1 Å². The summed E-state index contributed by atoms with van der Waals surface area (Å²) in [6, 6.07) is 3.04. The Hall–Kier alpha value is -1.27. The summed E-state index contributed by atoms with van der Waals surface area (Å²) in [5, 5.41) is 8.95. The van der Waals surface area contributed by atoms with E-state index in [1.54, 1.807) is 0 Å². The van der Waals surface area contributed by atoms with Gasteiger partial charge in [-0.1, -0.05) is 32.4 Å². The van der Waals surface area contributed by atoms with Gasteiger partial charge in [-0.3, -0.25) is 0 Å². The van der Waals surface area contributed by atoms with E-state index in [1.165, 1.54) is 0 Å². The van der Waals surface area contributed by atoms with Crippen molar-refractivity contribution in [1.82, 2.24) is 0 Å². The molecule has 1 aromatic carbocycles. The molecule has 0 heterocycles. The lowest BCUT2D eigenvalue weighted by atomic mass is 9.83. The SMILES string of the molecule is CC(C)(C)c1c(Cl)c(F)cc(N)c1C#N. The monoisotopic (exact) mass is 226 g/mol. The lowest BCUT2D eigenvalue weighted by molar-refractivity contribution is 0.572. The lowest BCUT2D eigenvalue weighted by Gasteiger charge is -2.23. The highest BCUT2D eigenvalue weighted by molar-refractivity contribution is 6.32. The highest BCUT2D eigenvalue weighted by Gasteiger charge is 2.25. The molecule has 0 fully saturated rings. The average molecular weight is 227 g/mol. The first-order valence-corrected chi connectivity index (χ1v) is 4.85. The Morgan fingerprint density at radius 3 is 2.40 bits per heavy atom. The third-order valence-corrected chi connectivity index (χ3v) is 2.48. The van der Waals surface area contributed by atoms with Gasteiger partial charge in [0.2, 0.25) is 0 Å². The molecule has 2 nitrogen and oxygen atoms in total. The van der Waals surface area contributed by atoms with Gasteiger partial charge in [-0.25, -0.2) is 4.39 Å². The Labute approximate surface area is 93.5 Å². The number of nitrogens with two attached hydrogens (primary N) is 1. The number of nitrogens with zero attached hydrogens (tertiary/aromatic N) is 1.